The molecule has 4 nitrogen and oxygen atoms in total. The molecule has 0 aliphatic heterocycles. The van der Waals surface area contributed by atoms with Crippen LogP contribution in [0.2, 0.25) is 0 Å². The van der Waals surface area contributed by atoms with E-state index >= 15 is 0 Å². The summed E-state index contributed by atoms with van der Waals surface area (Å²) >= 11 is 0. The maximum Gasteiger partial charge on any atom is 0.118 e. The maximum absolute atomic E-state index is 5.60. The Balaban J connectivity index is 1.98. The highest BCUT2D eigenvalue weighted by Gasteiger charge is 2.10. The number of rotatable bonds is 6. The molecule has 0 aliphatic rings. The Morgan fingerprint density at radius 1 is 1.28 bits per heavy atom. The predicted molar refractivity (Wildman–Crippen MR) is 70.1 cm³/mol. The molecule has 0 radical (unpaired) electrons. The largest absolute Gasteiger partial charge is 0.497 e. The average molecular weight is 246 g/mol. The molecule has 0 bridgehead atoms. The van der Waals surface area contributed by atoms with Crippen LogP contribution in [0.15, 0.2) is 47.1 Å². The number of aryl methyl sites for hydroxylation is 1. The van der Waals surface area contributed by atoms with Gasteiger partial charge in [0.1, 0.15) is 11.5 Å². The van der Waals surface area contributed by atoms with E-state index in [-0.39, 0.29) is 6.04 Å². The van der Waals surface area contributed by atoms with E-state index in [1.165, 1.54) is 0 Å². The van der Waals surface area contributed by atoms with Gasteiger partial charge in [-0.25, -0.2) is 0 Å². The van der Waals surface area contributed by atoms with E-state index in [2.05, 4.69) is 5.43 Å². The van der Waals surface area contributed by atoms with Gasteiger partial charge in [0.15, 0.2) is 0 Å². The van der Waals surface area contributed by atoms with E-state index in [0.29, 0.717) is 0 Å². The fourth-order valence-corrected chi connectivity index (χ4v) is 1.92. The molecule has 1 atom stereocenters. The van der Waals surface area contributed by atoms with Crippen molar-refractivity contribution in [1.82, 2.24) is 5.43 Å². The van der Waals surface area contributed by atoms with Gasteiger partial charge in [-0.1, -0.05) is 12.1 Å². The van der Waals surface area contributed by atoms with Gasteiger partial charge in [0.05, 0.1) is 13.4 Å². The lowest BCUT2D eigenvalue weighted by Gasteiger charge is -2.16. The van der Waals surface area contributed by atoms with Gasteiger partial charge in [0, 0.05) is 12.5 Å². The Bertz CT molecular complexity index is 451. The van der Waals surface area contributed by atoms with Crippen LogP contribution in [0.4, 0.5) is 0 Å². The molecule has 96 valence electrons. The summed E-state index contributed by atoms with van der Waals surface area (Å²) in [4.78, 5) is 0. The summed E-state index contributed by atoms with van der Waals surface area (Å²) in [6.07, 6.45) is 3.43. The molecule has 2 aromatic rings. The van der Waals surface area contributed by atoms with Gasteiger partial charge >= 0.3 is 0 Å². The highest BCUT2D eigenvalue weighted by molar-refractivity contribution is 5.29. The van der Waals surface area contributed by atoms with Gasteiger partial charge in [-0.15, -0.1) is 0 Å². The second-order valence-electron chi connectivity index (χ2n) is 4.11. The highest BCUT2D eigenvalue weighted by atomic mass is 16.5. The van der Waals surface area contributed by atoms with Gasteiger partial charge in [-0.3, -0.25) is 11.3 Å². The summed E-state index contributed by atoms with van der Waals surface area (Å²) in [6, 6.07) is 11.9. The molecule has 18 heavy (non-hydrogen) atoms. The molecule has 1 aromatic carbocycles. The van der Waals surface area contributed by atoms with Crippen LogP contribution in [0.1, 0.15) is 23.8 Å². The lowest BCUT2D eigenvalue weighted by atomic mass is 10.0. The van der Waals surface area contributed by atoms with Crippen molar-refractivity contribution in [3.8, 4) is 5.75 Å². The molecule has 1 heterocycles. The van der Waals surface area contributed by atoms with Crippen LogP contribution < -0.4 is 16.0 Å². The zero-order valence-electron chi connectivity index (χ0n) is 10.4. The Morgan fingerprint density at radius 2 is 2.06 bits per heavy atom. The first-order valence-corrected chi connectivity index (χ1v) is 5.96. The Morgan fingerprint density at radius 3 is 2.61 bits per heavy atom. The number of benzene rings is 1. The molecule has 1 unspecified atom stereocenters. The van der Waals surface area contributed by atoms with Gasteiger partial charge in [-0.2, -0.15) is 0 Å². The van der Waals surface area contributed by atoms with Crippen molar-refractivity contribution >= 4 is 0 Å². The number of hydrogen-bond acceptors (Lipinski definition) is 4. The second kappa shape index (κ2) is 6.23. The van der Waals surface area contributed by atoms with Gasteiger partial charge in [0.25, 0.3) is 0 Å². The maximum atomic E-state index is 5.60. The van der Waals surface area contributed by atoms with Gasteiger partial charge in [-0.05, 0) is 36.2 Å². The summed E-state index contributed by atoms with van der Waals surface area (Å²) in [6.45, 7) is 0. The topological polar surface area (TPSA) is 60.4 Å². The molecular weight excluding hydrogens is 228 g/mol. The Labute approximate surface area is 107 Å². The van der Waals surface area contributed by atoms with E-state index in [1.54, 1.807) is 13.4 Å². The lowest BCUT2D eigenvalue weighted by Crippen LogP contribution is -2.28. The average Bonchev–Trinajstić information content (AvgIpc) is 2.93. The number of nitrogens with two attached hydrogens (primary N) is 1. The predicted octanol–water partition coefficient (Wildman–Crippen LogP) is 2.43. The molecule has 0 spiro atoms. The van der Waals surface area contributed by atoms with E-state index in [0.717, 1.165) is 29.9 Å². The normalized spacial score (nSPS) is 12.3. The number of hydrazine groups is 1. The zero-order valence-corrected chi connectivity index (χ0v) is 10.4. The van der Waals surface area contributed by atoms with E-state index in [1.807, 2.05) is 36.4 Å². The fourth-order valence-electron chi connectivity index (χ4n) is 1.92. The summed E-state index contributed by atoms with van der Waals surface area (Å²) in [5, 5.41) is 0. The smallest absolute Gasteiger partial charge is 0.118 e. The molecule has 0 fully saturated rings. The minimum atomic E-state index is 0.112. The quantitative estimate of drug-likeness (QED) is 0.607. The van der Waals surface area contributed by atoms with Crippen LogP contribution in [0.25, 0.3) is 0 Å². The molecule has 0 saturated heterocycles. The van der Waals surface area contributed by atoms with Crippen LogP contribution in [-0.4, -0.2) is 7.11 Å². The third-order valence-corrected chi connectivity index (χ3v) is 2.98. The summed E-state index contributed by atoms with van der Waals surface area (Å²) < 4.78 is 10.4. The molecular formula is C14H18N2O2. The standard InChI is InChI=1S/C14H18N2O2/c1-17-12-6-4-11(5-7-12)14(16-15)9-8-13-3-2-10-18-13/h2-7,10,14,16H,8-9,15H2,1H3. The molecule has 3 N–H and O–H groups in total. The molecule has 0 saturated carbocycles. The van der Waals surface area contributed by atoms with Crippen molar-refractivity contribution in [1.29, 1.82) is 0 Å². The first-order valence-electron chi connectivity index (χ1n) is 5.96. The van der Waals surface area contributed by atoms with Crippen molar-refractivity contribution in [3.05, 3.63) is 54.0 Å². The lowest BCUT2D eigenvalue weighted by molar-refractivity contribution is 0.413. The molecule has 0 aliphatic carbocycles. The molecule has 4 heteroatoms. The Kier molecular flexibility index (Phi) is 4.39. The number of furan rings is 1. The van der Waals surface area contributed by atoms with Crippen LogP contribution in [-0.2, 0) is 6.42 Å². The van der Waals surface area contributed by atoms with Crippen molar-refractivity contribution in [2.75, 3.05) is 7.11 Å². The number of nitrogens with one attached hydrogen (secondary N) is 1. The zero-order chi connectivity index (χ0) is 12.8. The monoisotopic (exact) mass is 246 g/mol. The van der Waals surface area contributed by atoms with E-state index in [4.69, 9.17) is 15.0 Å². The van der Waals surface area contributed by atoms with Crippen molar-refractivity contribution in [3.63, 3.8) is 0 Å². The first-order chi connectivity index (χ1) is 8.83. The summed E-state index contributed by atoms with van der Waals surface area (Å²) in [7, 11) is 1.66. The second-order valence-corrected chi connectivity index (χ2v) is 4.11. The van der Waals surface area contributed by atoms with Gasteiger partial charge < -0.3 is 9.15 Å². The SMILES string of the molecule is COc1ccc(C(CCc2ccco2)NN)cc1. The minimum Gasteiger partial charge on any atom is -0.497 e. The molecule has 2 rings (SSSR count). The minimum absolute atomic E-state index is 0.112. The fraction of sp³-hybridized carbons (Fsp3) is 0.286. The number of methoxy groups -OCH3 is 1. The van der Waals surface area contributed by atoms with Crippen molar-refractivity contribution < 1.29 is 9.15 Å². The summed E-state index contributed by atoms with van der Waals surface area (Å²) in [5.41, 5.74) is 3.98. The van der Waals surface area contributed by atoms with E-state index in [9.17, 15) is 0 Å². The van der Waals surface area contributed by atoms with Crippen LogP contribution in [0.5, 0.6) is 5.75 Å². The summed E-state index contributed by atoms with van der Waals surface area (Å²) in [5.74, 6) is 7.43. The number of hydrogen-bond donors (Lipinski definition) is 2. The molecule has 1 aromatic heterocycles. The van der Waals surface area contributed by atoms with Gasteiger partial charge in [0.2, 0.25) is 0 Å². The van der Waals surface area contributed by atoms with Crippen LogP contribution in [0, 0.1) is 0 Å². The van der Waals surface area contributed by atoms with Crippen LogP contribution in [0.3, 0.4) is 0 Å². The Hall–Kier alpha value is -1.78. The van der Waals surface area contributed by atoms with Crippen molar-refractivity contribution in [2.45, 2.75) is 18.9 Å². The number of ether oxygens (including phenoxy) is 1. The van der Waals surface area contributed by atoms with Crippen molar-refractivity contribution in [2.24, 2.45) is 5.84 Å². The third kappa shape index (κ3) is 3.12. The molecule has 0 amide bonds. The first kappa shape index (κ1) is 12.7. The van der Waals surface area contributed by atoms with E-state index < -0.39 is 0 Å². The highest BCUT2D eigenvalue weighted by Crippen LogP contribution is 2.21. The van der Waals surface area contributed by atoms with Crippen LogP contribution >= 0.6 is 0 Å². The third-order valence-electron chi connectivity index (χ3n) is 2.98.